The van der Waals surface area contributed by atoms with Gasteiger partial charge in [0, 0.05) is 21.9 Å². The highest BCUT2D eigenvalue weighted by Crippen LogP contribution is 2.32. The molecule has 0 aliphatic carbocycles. The summed E-state index contributed by atoms with van der Waals surface area (Å²) in [6.45, 7) is 0. The number of ether oxygens (including phenoxy) is 1. The second-order valence-corrected chi connectivity index (χ2v) is 8.05. The largest absolute Gasteiger partial charge is 0.457 e. The third-order valence-corrected chi connectivity index (χ3v) is 5.85. The summed E-state index contributed by atoms with van der Waals surface area (Å²) < 4.78 is 6.11. The molecule has 0 unspecified atom stereocenters. The van der Waals surface area contributed by atoms with E-state index >= 15 is 0 Å². The Hall–Kier alpha value is -5.04. The summed E-state index contributed by atoms with van der Waals surface area (Å²) in [6.07, 6.45) is 0. The van der Waals surface area contributed by atoms with Gasteiger partial charge < -0.3 is 4.74 Å². The number of H-pyrrole nitrogens is 2. The van der Waals surface area contributed by atoms with Crippen LogP contribution in [-0.2, 0) is 0 Å². The number of hydrogen-bond acceptors (Lipinski definition) is 5. The molecule has 0 atom stereocenters. The van der Waals surface area contributed by atoms with Gasteiger partial charge in [0.25, 0.3) is 11.1 Å². The van der Waals surface area contributed by atoms with Crippen LogP contribution in [0.15, 0.2) is 107 Å². The molecule has 7 heteroatoms. The average Bonchev–Trinajstić information content (AvgIpc) is 2.90. The first-order chi connectivity index (χ1) is 17.2. The first kappa shape index (κ1) is 20.6. The van der Waals surface area contributed by atoms with Crippen molar-refractivity contribution in [2.75, 3.05) is 0 Å². The lowest BCUT2D eigenvalue weighted by Gasteiger charge is -2.11. The van der Waals surface area contributed by atoms with Gasteiger partial charge in [0.2, 0.25) is 0 Å². The first-order valence-electron chi connectivity index (χ1n) is 11.0. The van der Waals surface area contributed by atoms with Crippen molar-refractivity contribution in [1.82, 2.24) is 20.4 Å². The van der Waals surface area contributed by atoms with Gasteiger partial charge >= 0.3 is 0 Å². The molecule has 0 spiro atoms. The third-order valence-electron chi connectivity index (χ3n) is 5.85. The zero-order valence-electron chi connectivity index (χ0n) is 18.4. The summed E-state index contributed by atoms with van der Waals surface area (Å²) in [6, 6.07) is 29.8. The number of nitrogens with zero attached hydrogens (tertiary/aromatic N) is 2. The van der Waals surface area contributed by atoms with Crippen LogP contribution in [0.25, 0.3) is 44.1 Å². The molecule has 7 nitrogen and oxygen atoms in total. The molecule has 0 radical (unpaired) electrons. The third kappa shape index (κ3) is 3.75. The lowest BCUT2D eigenvalue weighted by atomic mass is 10.0. The molecule has 168 valence electrons. The normalized spacial score (nSPS) is 11.1. The Labute approximate surface area is 198 Å². The number of hydrogen-bond donors (Lipinski definition) is 2. The maximum Gasteiger partial charge on any atom is 0.272 e. The Morgan fingerprint density at radius 3 is 1.60 bits per heavy atom. The molecule has 4 aromatic carbocycles. The second-order valence-electron chi connectivity index (χ2n) is 8.05. The van der Waals surface area contributed by atoms with Gasteiger partial charge in [-0.05, 0) is 36.4 Å². The molecule has 6 aromatic rings. The van der Waals surface area contributed by atoms with Crippen molar-refractivity contribution in [3.05, 3.63) is 118 Å². The first-order valence-corrected chi connectivity index (χ1v) is 11.0. The molecule has 35 heavy (non-hydrogen) atoms. The summed E-state index contributed by atoms with van der Waals surface area (Å²) in [4.78, 5) is 24.9. The van der Waals surface area contributed by atoms with Crippen LogP contribution in [0.4, 0.5) is 0 Å². The molecule has 0 amide bonds. The van der Waals surface area contributed by atoms with Crippen LogP contribution in [0.5, 0.6) is 11.5 Å². The van der Waals surface area contributed by atoms with E-state index < -0.39 is 0 Å². The minimum absolute atomic E-state index is 0.274. The fraction of sp³-hybridized carbons (Fsp3) is 0. The van der Waals surface area contributed by atoms with Gasteiger partial charge in [0.1, 0.15) is 11.5 Å². The van der Waals surface area contributed by atoms with Gasteiger partial charge in [-0.25, -0.2) is 10.2 Å². The minimum atomic E-state index is -0.300. The van der Waals surface area contributed by atoms with Crippen molar-refractivity contribution in [2.45, 2.75) is 0 Å². The summed E-state index contributed by atoms with van der Waals surface area (Å²) in [7, 11) is 0. The molecular weight excluding hydrogens is 440 g/mol. The monoisotopic (exact) mass is 458 g/mol. The van der Waals surface area contributed by atoms with Gasteiger partial charge in [-0.1, -0.05) is 60.7 Å². The highest BCUT2D eigenvalue weighted by molar-refractivity contribution is 5.95. The van der Waals surface area contributed by atoms with Crippen molar-refractivity contribution in [1.29, 1.82) is 0 Å². The smallest absolute Gasteiger partial charge is 0.272 e. The van der Waals surface area contributed by atoms with Crippen LogP contribution in [-0.4, -0.2) is 20.4 Å². The van der Waals surface area contributed by atoms with Crippen LogP contribution in [0, 0.1) is 0 Å². The van der Waals surface area contributed by atoms with Crippen molar-refractivity contribution in [3.63, 3.8) is 0 Å². The van der Waals surface area contributed by atoms with E-state index in [1.807, 2.05) is 66.7 Å². The molecular formula is C28H18N4O3. The number of aromatic amines is 2. The summed E-state index contributed by atoms with van der Waals surface area (Å²) in [5.74, 6) is 1.02. The SMILES string of the molecule is O=c1[nH]nc(-c2ccccc2)c2cc(Oc3ccc4c(-c5ccccc5)n[nH]c(=O)c4c3)ccc12. The van der Waals surface area contributed by atoms with Crippen LogP contribution in [0.3, 0.4) is 0 Å². The van der Waals surface area contributed by atoms with Crippen molar-refractivity contribution >= 4 is 21.5 Å². The van der Waals surface area contributed by atoms with Gasteiger partial charge in [-0.15, -0.1) is 0 Å². The average molecular weight is 458 g/mol. The second kappa shape index (κ2) is 8.39. The quantitative estimate of drug-likeness (QED) is 0.374. The van der Waals surface area contributed by atoms with E-state index in [9.17, 15) is 9.59 Å². The zero-order chi connectivity index (χ0) is 23.8. The molecule has 2 aromatic heterocycles. The fourth-order valence-electron chi connectivity index (χ4n) is 4.18. The standard InChI is InChI=1S/C28H18N4O3/c33-27-22-14-12-19(15-23(22)26(30-31-27)18-9-5-2-6-10-18)35-20-11-13-21-24(16-20)28(34)32-29-25(21)17-7-3-1-4-8-17/h1-16H,(H,31,33)(H,32,34). The minimum Gasteiger partial charge on any atom is -0.457 e. The van der Waals surface area contributed by atoms with Crippen LogP contribution >= 0.6 is 0 Å². The topological polar surface area (TPSA) is 101 Å². The molecule has 0 bridgehead atoms. The van der Waals surface area contributed by atoms with E-state index in [2.05, 4.69) is 20.4 Å². The molecule has 0 saturated heterocycles. The van der Waals surface area contributed by atoms with E-state index in [0.29, 0.717) is 39.0 Å². The number of aromatic nitrogens is 4. The van der Waals surface area contributed by atoms with E-state index in [1.165, 1.54) is 0 Å². The lowest BCUT2D eigenvalue weighted by molar-refractivity contribution is 0.484. The molecule has 0 aliphatic rings. The zero-order valence-corrected chi connectivity index (χ0v) is 18.4. The molecule has 0 fully saturated rings. The Bertz CT molecular complexity index is 1810. The van der Waals surface area contributed by atoms with Gasteiger partial charge in [0.15, 0.2) is 0 Å². The Balaban J connectivity index is 1.43. The number of rotatable bonds is 4. The number of fused-ring (bicyclic) bond motifs is 2. The molecule has 0 saturated carbocycles. The predicted octanol–water partition coefficient (Wildman–Crippen LogP) is 5.29. The molecule has 6 rings (SSSR count). The molecule has 0 aliphatic heterocycles. The van der Waals surface area contributed by atoms with Crippen molar-refractivity contribution in [2.24, 2.45) is 0 Å². The van der Waals surface area contributed by atoms with Crippen molar-refractivity contribution < 1.29 is 4.74 Å². The van der Waals surface area contributed by atoms with Gasteiger partial charge in [0.05, 0.1) is 22.2 Å². The Morgan fingerprint density at radius 1 is 0.514 bits per heavy atom. The highest BCUT2D eigenvalue weighted by Gasteiger charge is 2.13. The number of nitrogens with one attached hydrogen (secondary N) is 2. The highest BCUT2D eigenvalue weighted by atomic mass is 16.5. The summed E-state index contributed by atoms with van der Waals surface area (Å²) in [5.41, 5.74) is 2.55. The maximum absolute atomic E-state index is 12.6. The van der Waals surface area contributed by atoms with E-state index in [0.717, 1.165) is 16.5 Å². The Morgan fingerprint density at radius 2 is 1.00 bits per heavy atom. The number of benzene rings is 4. The lowest BCUT2D eigenvalue weighted by Crippen LogP contribution is -2.10. The summed E-state index contributed by atoms with van der Waals surface area (Å²) in [5, 5.41) is 16.1. The van der Waals surface area contributed by atoms with E-state index in [4.69, 9.17) is 4.74 Å². The van der Waals surface area contributed by atoms with E-state index in [-0.39, 0.29) is 11.1 Å². The summed E-state index contributed by atoms with van der Waals surface area (Å²) >= 11 is 0. The van der Waals surface area contributed by atoms with Gasteiger partial charge in [-0.3, -0.25) is 9.59 Å². The van der Waals surface area contributed by atoms with E-state index in [1.54, 1.807) is 30.3 Å². The maximum atomic E-state index is 12.6. The van der Waals surface area contributed by atoms with Gasteiger partial charge in [-0.2, -0.15) is 10.2 Å². The molecule has 2 heterocycles. The Kier molecular flexibility index (Phi) is 4.93. The van der Waals surface area contributed by atoms with Crippen LogP contribution in [0.2, 0.25) is 0 Å². The predicted molar refractivity (Wildman–Crippen MR) is 136 cm³/mol. The van der Waals surface area contributed by atoms with Crippen LogP contribution < -0.4 is 15.9 Å². The molecule has 2 N–H and O–H groups in total. The van der Waals surface area contributed by atoms with Crippen molar-refractivity contribution in [3.8, 4) is 34.0 Å². The fourth-order valence-corrected chi connectivity index (χ4v) is 4.18. The van der Waals surface area contributed by atoms with Crippen LogP contribution in [0.1, 0.15) is 0 Å².